The third kappa shape index (κ3) is 3.44. The van der Waals surface area contributed by atoms with Crippen molar-refractivity contribution in [3.05, 3.63) is 30.0 Å². The molecule has 9 heteroatoms. The molecule has 1 heterocycles. The molecule has 0 saturated heterocycles. The van der Waals surface area contributed by atoms with E-state index >= 15 is 0 Å². The van der Waals surface area contributed by atoms with Gasteiger partial charge in [0.05, 0.1) is 17.0 Å². The van der Waals surface area contributed by atoms with Crippen LogP contribution in [0, 0.1) is 0 Å². The SMILES string of the molecule is CNS(=O)(=O)CCNc1c(C(=O)O)nnc2ccccc12. The lowest BCUT2D eigenvalue weighted by Crippen LogP contribution is -2.26. The Balaban J connectivity index is 2.36. The number of benzene rings is 1. The van der Waals surface area contributed by atoms with Gasteiger partial charge in [0.25, 0.3) is 0 Å². The molecule has 0 aliphatic carbocycles. The summed E-state index contributed by atoms with van der Waals surface area (Å²) in [5.74, 6) is -1.41. The first-order valence-electron chi connectivity index (χ1n) is 6.08. The van der Waals surface area contributed by atoms with E-state index in [4.69, 9.17) is 5.11 Å². The van der Waals surface area contributed by atoms with Crippen LogP contribution in [0.5, 0.6) is 0 Å². The molecule has 112 valence electrons. The van der Waals surface area contributed by atoms with Gasteiger partial charge in [0.1, 0.15) is 0 Å². The topological polar surface area (TPSA) is 121 Å². The van der Waals surface area contributed by atoms with Gasteiger partial charge in [-0.15, -0.1) is 10.2 Å². The fraction of sp³-hybridized carbons (Fsp3) is 0.250. The molecule has 21 heavy (non-hydrogen) atoms. The lowest BCUT2D eigenvalue weighted by Gasteiger charge is -2.11. The van der Waals surface area contributed by atoms with Crippen molar-refractivity contribution < 1.29 is 18.3 Å². The van der Waals surface area contributed by atoms with Crippen LogP contribution >= 0.6 is 0 Å². The van der Waals surface area contributed by atoms with Crippen LogP contribution in [0.15, 0.2) is 24.3 Å². The van der Waals surface area contributed by atoms with Crippen LogP contribution in [-0.4, -0.2) is 49.0 Å². The molecule has 0 spiro atoms. The van der Waals surface area contributed by atoms with Crippen molar-refractivity contribution in [1.82, 2.24) is 14.9 Å². The summed E-state index contributed by atoms with van der Waals surface area (Å²) in [6, 6.07) is 6.90. The summed E-state index contributed by atoms with van der Waals surface area (Å²) >= 11 is 0. The summed E-state index contributed by atoms with van der Waals surface area (Å²) in [7, 11) is -2.05. The molecule has 0 radical (unpaired) electrons. The van der Waals surface area contributed by atoms with Gasteiger partial charge in [0, 0.05) is 11.9 Å². The Bertz CT molecular complexity index is 776. The summed E-state index contributed by atoms with van der Waals surface area (Å²) in [5, 5.41) is 20.1. The van der Waals surface area contributed by atoms with E-state index in [0.717, 1.165) is 0 Å². The molecule has 0 aliphatic heterocycles. The molecule has 0 saturated carbocycles. The first-order chi connectivity index (χ1) is 9.94. The van der Waals surface area contributed by atoms with Crippen molar-refractivity contribution in [1.29, 1.82) is 0 Å². The maximum absolute atomic E-state index is 11.4. The first kappa shape index (κ1) is 15.1. The van der Waals surface area contributed by atoms with Gasteiger partial charge in [-0.3, -0.25) is 0 Å². The second kappa shape index (κ2) is 6.02. The number of aromatic carboxylic acids is 1. The minimum absolute atomic E-state index is 0.0547. The van der Waals surface area contributed by atoms with Gasteiger partial charge in [-0.25, -0.2) is 17.9 Å². The van der Waals surface area contributed by atoms with Crippen LogP contribution in [0.1, 0.15) is 10.5 Å². The zero-order chi connectivity index (χ0) is 15.5. The number of carbonyl (C=O) groups is 1. The molecule has 1 aromatic carbocycles. The Labute approximate surface area is 121 Å². The minimum Gasteiger partial charge on any atom is -0.476 e. The molecule has 0 bridgehead atoms. The number of nitrogens with one attached hydrogen (secondary N) is 2. The predicted octanol–water partition coefficient (Wildman–Crippen LogP) is 0.289. The van der Waals surface area contributed by atoms with Crippen molar-refractivity contribution in [3.8, 4) is 0 Å². The van der Waals surface area contributed by atoms with Crippen LogP contribution in [0.2, 0.25) is 0 Å². The molecule has 0 aliphatic rings. The smallest absolute Gasteiger partial charge is 0.358 e. The molecule has 2 aromatic rings. The summed E-state index contributed by atoms with van der Waals surface area (Å²) in [4.78, 5) is 11.2. The number of nitrogens with zero attached hydrogens (tertiary/aromatic N) is 2. The molecule has 1 aromatic heterocycles. The number of carboxylic acid groups (broad SMARTS) is 1. The average molecular weight is 310 g/mol. The van der Waals surface area contributed by atoms with Gasteiger partial charge in [0.15, 0.2) is 5.69 Å². The molecule has 2 rings (SSSR count). The Kier molecular flexibility index (Phi) is 4.34. The number of anilines is 1. The third-order valence-corrected chi connectivity index (χ3v) is 4.22. The molecule has 0 fully saturated rings. The first-order valence-corrected chi connectivity index (χ1v) is 7.73. The van der Waals surface area contributed by atoms with Crippen LogP contribution in [0.3, 0.4) is 0 Å². The van der Waals surface area contributed by atoms with E-state index < -0.39 is 16.0 Å². The Morgan fingerprint density at radius 1 is 1.29 bits per heavy atom. The minimum atomic E-state index is -3.37. The monoisotopic (exact) mass is 310 g/mol. The van der Waals surface area contributed by atoms with Gasteiger partial charge in [-0.05, 0) is 13.1 Å². The predicted molar refractivity (Wildman–Crippen MR) is 77.8 cm³/mol. The van der Waals surface area contributed by atoms with E-state index in [1.165, 1.54) is 7.05 Å². The van der Waals surface area contributed by atoms with Gasteiger partial charge in [0.2, 0.25) is 10.0 Å². The molecule has 3 N–H and O–H groups in total. The molecule has 0 unspecified atom stereocenters. The van der Waals surface area contributed by atoms with Crippen LogP contribution in [-0.2, 0) is 10.0 Å². The highest BCUT2D eigenvalue weighted by molar-refractivity contribution is 7.89. The quantitative estimate of drug-likeness (QED) is 0.701. The van der Waals surface area contributed by atoms with E-state index in [9.17, 15) is 13.2 Å². The van der Waals surface area contributed by atoms with E-state index in [1.54, 1.807) is 24.3 Å². The summed E-state index contributed by atoms with van der Waals surface area (Å²) in [5.41, 5.74) is 0.552. The third-order valence-electron chi connectivity index (χ3n) is 2.85. The maximum Gasteiger partial charge on any atom is 0.358 e. The van der Waals surface area contributed by atoms with Crippen molar-refractivity contribution in [2.45, 2.75) is 0 Å². The average Bonchev–Trinajstić information content (AvgIpc) is 2.47. The van der Waals surface area contributed by atoms with Crippen molar-refractivity contribution in [2.24, 2.45) is 0 Å². The number of aromatic nitrogens is 2. The van der Waals surface area contributed by atoms with Crippen molar-refractivity contribution in [3.63, 3.8) is 0 Å². The zero-order valence-corrected chi connectivity index (χ0v) is 12.0. The van der Waals surface area contributed by atoms with Crippen LogP contribution < -0.4 is 10.0 Å². The second-order valence-electron chi connectivity index (χ2n) is 4.20. The molecule has 0 atom stereocenters. The number of carboxylic acids is 1. The summed E-state index contributed by atoms with van der Waals surface area (Å²) < 4.78 is 24.9. The standard InChI is InChI=1S/C12H14N4O4S/c1-13-21(19,20)7-6-14-10-8-4-2-3-5-9(8)15-16-11(10)12(17)18/h2-5,13H,6-7H2,1H3,(H,14,15)(H,17,18). The number of sulfonamides is 1. The fourth-order valence-corrected chi connectivity index (χ4v) is 2.37. The number of fused-ring (bicyclic) bond motifs is 1. The highest BCUT2D eigenvalue weighted by Crippen LogP contribution is 2.24. The molecule has 0 amide bonds. The van der Waals surface area contributed by atoms with E-state index in [0.29, 0.717) is 10.9 Å². The van der Waals surface area contributed by atoms with Crippen LogP contribution in [0.4, 0.5) is 5.69 Å². The highest BCUT2D eigenvalue weighted by atomic mass is 32.2. The van der Waals surface area contributed by atoms with E-state index in [1.807, 2.05) is 0 Å². The van der Waals surface area contributed by atoms with Crippen LogP contribution in [0.25, 0.3) is 10.9 Å². The van der Waals surface area contributed by atoms with Crippen molar-refractivity contribution in [2.75, 3.05) is 24.7 Å². The fourth-order valence-electron chi connectivity index (χ4n) is 1.79. The molecular formula is C12H14N4O4S. The summed E-state index contributed by atoms with van der Waals surface area (Å²) in [6.07, 6.45) is 0. The van der Waals surface area contributed by atoms with Gasteiger partial charge < -0.3 is 10.4 Å². The highest BCUT2D eigenvalue weighted by Gasteiger charge is 2.17. The largest absolute Gasteiger partial charge is 0.476 e. The lowest BCUT2D eigenvalue weighted by atomic mass is 10.1. The van der Waals surface area contributed by atoms with Crippen molar-refractivity contribution >= 4 is 32.6 Å². The summed E-state index contributed by atoms with van der Waals surface area (Å²) in [6.45, 7) is 0.0547. The lowest BCUT2D eigenvalue weighted by molar-refractivity contribution is 0.0690. The van der Waals surface area contributed by atoms with E-state index in [-0.39, 0.29) is 23.7 Å². The number of hydrogen-bond donors (Lipinski definition) is 3. The Morgan fingerprint density at radius 3 is 2.67 bits per heavy atom. The molecule has 8 nitrogen and oxygen atoms in total. The van der Waals surface area contributed by atoms with Gasteiger partial charge in [-0.1, -0.05) is 18.2 Å². The van der Waals surface area contributed by atoms with Gasteiger partial charge >= 0.3 is 5.97 Å². The van der Waals surface area contributed by atoms with Gasteiger partial charge in [-0.2, -0.15) is 0 Å². The number of hydrogen-bond acceptors (Lipinski definition) is 6. The van der Waals surface area contributed by atoms with E-state index in [2.05, 4.69) is 20.2 Å². The normalized spacial score (nSPS) is 11.5. The number of rotatable bonds is 6. The Morgan fingerprint density at radius 2 is 2.00 bits per heavy atom. The maximum atomic E-state index is 11.4. The second-order valence-corrected chi connectivity index (χ2v) is 6.24. The Hall–Kier alpha value is -2.26. The molecular weight excluding hydrogens is 296 g/mol. The zero-order valence-electron chi connectivity index (χ0n) is 11.2.